The second-order valence-electron chi connectivity index (χ2n) is 6.84. The summed E-state index contributed by atoms with van der Waals surface area (Å²) < 4.78 is 34.6. The van der Waals surface area contributed by atoms with Crippen LogP contribution in [0.3, 0.4) is 0 Å². The van der Waals surface area contributed by atoms with Crippen molar-refractivity contribution in [3.8, 4) is 0 Å². The third-order valence-electron chi connectivity index (χ3n) is 5.38. The number of hydrogen-bond acceptors (Lipinski definition) is 3. The van der Waals surface area contributed by atoms with Crippen LogP contribution in [0.4, 0.5) is 0 Å². The third kappa shape index (κ3) is 4.19. The number of halogens is 1. The number of hydrogen-bond donors (Lipinski definition) is 2. The Morgan fingerprint density at radius 3 is 2.33 bits per heavy atom. The quantitative estimate of drug-likeness (QED) is 0.759. The summed E-state index contributed by atoms with van der Waals surface area (Å²) in [5, 5.41) is 0. The summed E-state index contributed by atoms with van der Waals surface area (Å²) in [6, 6.07) is 6.80. The first-order chi connectivity index (χ1) is 11.5. The van der Waals surface area contributed by atoms with Crippen LogP contribution in [0.1, 0.15) is 32.1 Å². The van der Waals surface area contributed by atoms with Crippen LogP contribution < -0.4 is 9.62 Å². The lowest BCUT2D eigenvalue weighted by atomic mass is 9.80. The Labute approximate surface area is 152 Å². The molecule has 1 aromatic carbocycles. The molecule has 24 heavy (non-hydrogen) atoms. The molecule has 0 radical (unpaired) electrons. The lowest BCUT2D eigenvalue weighted by Gasteiger charge is -2.44. The topological polar surface area (TPSA) is 59.8 Å². The van der Waals surface area contributed by atoms with Crippen LogP contribution in [0, 0.1) is 0 Å². The van der Waals surface area contributed by atoms with Crippen molar-refractivity contribution in [3.63, 3.8) is 0 Å². The second kappa shape index (κ2) is 7.83. The van der Waals surface area contributed by atoms with Crippen molar-refractivity contribution in [3.05, 3.63) is 28.7 Å². The van der Waals surface area contributed by atoms with E-state index in [-0.39, 0.29) is 5.54 Å². The van der Waals surface area contributed by atoms with Crippen molar-refractivity contribution in [2.24, 2.45) is 0 Å². The van der Waals surface area contributed by atoms with Crippen molar-refractivity contribution in [1.82, 2.24) is 4.72 Å². The first-order valence-corrected chi connectivity index (χ1v) is 11.0. The van der Waals surface area contributed by atoms with Crippen LogP contribution in [0.2, 0.25) is 0 Å². The average molecular weight is 418 g/mol. The van der Waals surface area contributed by atoms with Gasteiger partial charge in [-0.05, 0) is 37.1 Å². The largest absolute Gasteiger partial charge is 0.370 e. The smallest absolute Gasteiger partial charge is 0.240 e. The van der Waals surface area contributed by atoms with Gasteiger partial charge in [0.15, 0.2) is 0 Å². The molecule has 1 aliphatic carbocycles. The monoisotopic (exact) mass is 417 g/mol. The van der Waals surface area contributed by atoms with Crippen molar-refractivity contribution in [2.75, 3.05) is 32.8 Å². The molecule has 134 valence electrons. The van der Waals surface area contributed by atoms with Gasteiger partial charge in [0.25, 0.3) is 0 Å². The van der Waals surface area contributed by atoms with E-state index in [0.29, 0.717) is 11.4 Å². The SMILES string of the molecule is O=S(=O)(NCC1([NH+]2CCOCC2)CCCCC1)c1ccc(Br)cc1. The van der Waals surface area contributed by atoms with Gasteiger partial charge in [-0.3, -0.25) is 0 Å². The van der Waals surface area contributed by atoms with E-state index in [9.17, 15) is 8.42 Å². The van der Waals surface area contributed by atoms with Crippen LogP contribution in [-0.4, -0.2) is 46.8 Å². The average Bonchev–Trinajstić information content (AvgIpc) is 2.62. The Kier molecular flexibility index (Phi) is 5.98. The molecule has 0 unspecified atom stereocenters. The van der Waals surface area contributed by atoms with Crippen LogP contribution >= 0.6 is 15.9 Å². The van der Waals surface area contributed by atoms with Crippen molar-refractivity contribution < 1.29 is 18.1 Å². The normalized spacial score (nSPS) is 22.4. The van der Waals surface area contributed by atoms with Gasteiger partial charge in [-0.15, -0.1) is 0 Å². The minimum absolute atomic E-state index is 0.0183. The van der Waals surface area contributed by atoms with Crippen LogP contribution in [0.25, 0.3) is 0 Å². The fourth-order valence-corrected chi connectivity index (χ4v) is 5.35. The molecule has 0 bridgehead atoms. The Balaban J connectivity index is 1.74. The highest BCUT2D eigenvalue weighted by molar-refractivity contribution is 9.10. The van der Waals surface area contributed by atoms with E-state index in [4.69, 9.17) is 4.74 Å². The number of nitrogens with one attached hydrogen (secondary N) is 2. The molecule has 3 rings (SSSR count). The lowest BCUT2D eigenvalue weighted by Crippen LogP contribution is -3.23. The molecular weight excluding hydrogens is 392 g/mol. The van der Waals surface area contributed by atoms with E-state index in [1.54, 1.807) is 24.3 Å². The summed E-state index contributed by atoms with van der Waals surface area (Å²) in [7, 11) is -3.47. The van der Waals surface area contributed by atoms with Crippen molar-refractivity contribution >= 4 is 26.0 Å². The standard InChI is InChI=1S/C17H25BrN2O3S/c18-15-4-6-16(7-5-15)24(21,22)19-14-17(8-2-1-3-9-17)20-10-12-23-13-11-20/h4-7,19H,1-3,8-14H2/p+1. The fourth-order valence-electron chi connectivity index (χ4n) is 3.96. The molecule has 7 heteroatoms. The van der Waals surface area contributed by atoms with Gasteiger partial charge in [-0.2, -0.15) is 0 Å². The molecule has 1 aliphatic heterocycles. The number of sulfonamides is 1. The maximum absolute atomic E-state index is 12.7. The summed E-state index contributed by atoms with van der Waals surface area (Å²) in [6.07, 6.45) is 5.80. The minimum Gasteiger partial charge on any atom is -0.370 e. The Morgan fingerprint density at radius 2 is 1.71 bits per heavy atom. The summed E-state index contributed by atoms with van der Waals surface area (Å²) >= 11 is 3.34. The third-order valence-corrected chi connectivity index (χ3v) is 7.33. The number of rotatable bonds is 5. The van der Waals surface area contributed by atoms with Gasteiger partial charge >= 0.3 is 0 Å². The lowest BCUT2D eigenvalue weighted by molar-refractivity contribution is -0.960. The Hall–Kier alpha value is -0.470. The van der Waals surface area contributed by atoms with Gasteiger partial charge in [0.1, 0.15) is 18.6 Å². The molecule has 1 heterocycles. The fraction of sp³-hybridized carbons (Fsp3) is 0.647. The zero-order valence-electron chi connectivity index (χ0n) is 13.9. The number of quaternary nitrogens is 1. The van der Waals surface area contributed by atoms with Gasteiger partial charge in [-0.1, -0.05) is 22.4 Å². The molecule has 2 N–H and O–H groups in total. The van der Waals surface area contributed by atoms with E-state index in [2.05, 4.69) is 20.7 Å². The molecule has 0 spiro atoms. The van der Waals surface area contributed by atoms with E-state index in [1.807, 2.05) is 0 Å². The zero-order valence-corrected chi connectivity index (χ0v) is 16.3. The summed E-state index contributed by atoms with van der Waals surface area (Å²) in [4.78, 5) is 1.83. The summed E-state index contributed by atoms with van der Waals surface area (Å²) in [5.74, 6) is 0. The Morgan fingerprint density at radius 1 is 1.08 bits per heavy atom. The summed E-state index contributed by atoms with van der Waals surface area (Å²) in [5.41, 5.74) is 0.0183. The number of morpholine rings is 1. The van der Waals surface area contributed by atoms with Crippen molar-refractivity contribution in [2.45, 2.75) is 42.5 Å². The predicted molar refractivity (Wildman–Crippen MR) is 96.7 cm³/mol. The molecule has 0 atom stereocenters. The first kappa shape index (κ1) is 18.3. The molecule has 1 aromatic rings. The highest BCUT2D eigenvalue weighted by atomic mass is 79.9. The van der Waals surface area contributed by atoms with E-state index in [1.165, 1.54) is 24.2 Å². The zero-order chi connectivity index (χ0) is 17.0. The molecule has 5 nitrogen and oxygen atoms in total. The Bertz CT molecular complexity index is 636. The van der Waals surface area contributed by atoms with Crippen LogP contribution in [0.5, 0.6) is 0 Å². The minimum atomic E-state index is -3.47. The van der Waals surface area contributed by atoms with Crippen LogP contribution in [-0.2, 0) is 14.8 Å². The molecule has 2 aliphatic rings. The van der Waals surface area contributed by atoms with E-state index in [0.717, 1.165) is 43.6 Å². The van der Waals surface area contributed by atoms with Gasteiger partial charge < -0.3 is 9.64 Å². The van der Waals surface area contributed by atoms with Crippen molar-refractivity contribution in [1.29, 1.82) is 0 Å². The maximum Gasteiger partial charge on any atom is 0.240 e. The molecule has 0 amide bonds. The van der Waals surface area contributed by atoms with Gasteiger partial charge in [0.05, 0.1) is 24.7 Å². The second-order valence-corrected chi connectivity index (χ2v) is 9.52. The molecule has 2 fully saturated rings. The first-order valence-electron chi connectivity index (χ1n) is 8.70. The molecule has 1 saturated heterocycles. The molecule has 1 saturated carbocycles. The van der Waals surface area contributed by atoms with Gasteiger partial charge in [0, 0.05) is 17.3 Å². The number of ether oxygens (including phenoxy) is 1. The molecule has 0 aromatic heterocycles. The molecular formula is C17H26BrN2O3S+. The number of benzene rings is 1. The van der Waals surface area contributed by atoms with E-state index < -0.39 is 10.0 Å². The van der Waals surface area contributed by atoms with Crippen LogP contribution in [0.15, 0.2) is 33.6 Å². The van der Waals surface area contributed by atoms with Gasteiger partial charge in [0.2, 0.25) is 10.0 Å². The predicted octanol–water partition coefficient (Wildman–Crippen LogP) is 1.35. The highest BCUT2D eigenvalue weighted by Crippen LogP contribution is 2.26. The van der Waals surface area contributed by atoms with Gasteiger partial charge in [-0.25, -0.2) is 13.1 Å². The maximum atomic E-state index is 12.7. The summed E-state index contributed by atoms with van der Waals surface area (Å²) in [6.45, 7) is 4.01. The highest BCUT2D eigenvalue weighted by Gasteiger charge is 2.43. The van der Waals surface area contributed by atoms with E-state index >= 15 is 0 Å².